The Bertz CT molecular complexity index is 637. The fourth-order valence-electron chi connectivity index (χ4n) is 1.75. The molecule has 1 amide bonds. The van der Waals surface area contributed by atoms with E-state index in [1.165, 1.54) is 20.3 Å². The summed E-state index contributed by atoms with van der Waals surface area (Å²) in [6, 6.07) is 3.09. The van der Waals surface area contributed by atoms with Crippen molar-refractivity contribution in [2.24, 2.45) is 0 Å². The lowest BCUT2D eigenvalue weighted by atomic mass is 10.1. The van der Waals surface area contributed by atoms with Gasteiger partial charge in [-0.3, -0.25) is 9.89 Å². The molecule has 20 heavy (non-hydrogen) atoms. The van der Waals surface area contributed by atoms with Crippen LogP contribution in [0.4, 0.5) is 11.5 Å². The quantitative estimate of drug-likeness (QED) is 0.736. The van der Waals surface area contributed by atoms with Gasteiger partial charge >= 0.3 is 0 Å². The lowest BCUT2D eigenvalue weighted by molar-refractivity contribution is 0.102. The molecule has 0 spiro atoms. The molecule has 1 aromatic heterocycles. The van der Waals surface area contributed by atoms with Crippen LogP contribution in [0.25, 0.3) is 0 Å². The molecule has 0 atom stereocenters. The van der Waals surface area contributed by atoms with E-state index in [-0.39, 0.29) is 5.91 Å². The van der Waals surface area contributed by atoms with Crippen LogP contribution in [0.1, 0.15) is 15.9 Å². The van der Waals surface area contributed by atoms with Gasteiger partial charge in [0.2, 0.25) is 0 Å². The molecule has 7 heteroatoms. The molecule has 1 aromatic carbocycles. The van der Waals surface area contributed by atoms with E-state index in [1.54, 1.807) is 12.3 Å². The van der Waals surface area contributed by atoms with Crippen molar-refractivity contribution in [2.45, 2.75) is 6.92 Å². The Balaban J connectivity index is 2.32. The van der Waals surface area contributed by atoms with Gasteiger partial charge in [0.15, 0.2) is 11.5 Å². The Hall–Kier alpha value is -2.70. The minimum atomic E-state index is -0.351. The van der Waals surface area contributed by atoms with E-state index < -0.39 is 0 Å². The van der Waals surface area contributed by atoms with Crippen molar-refractivity contribution in [1.29, 1.82) is 0 Å². The summed E-state index contributed by atoms with van der Waals surface area (Å²) in [5.74, 6) is 1.09. The fraction of sp³-hybridized carbons (Fsp3) is 0.231. The number of anilines is 2. The number of nitrogens with two attached hydrogens (primary N) is 1. The monoisotopic (exact) mass is 276 g/mol. The molecule has 106 valence electrons. The van der Waals surface area contributed by atoms with Crippen LogP contribution in [-0.2, 0) is 0 Å². The summed E-state index contributed by atoms with van der Waals surface area (Å²) in [6.07, 6.45) is 1.62. The van der Waals surface area contributed by atoms with E-state index >= 15 is 0 Å². The summed E-state index contributed by atoms with van der Waals surface area (Å²) in [5.41, 5.74) is 7.30. The van der Waals surface area contributed by atoms with E-state index in [2.05, 4.69) is 15.5 Å². The number of carbonyl (C=O) groups is 1. The second-order valence-electron chi connectivity index (χ2n) is 4.18. The number of amides is 1. The Morgan fingerprint density at radius 1 is 1.30 bits per heavy atom. The third-order valence-electron chi connectivity index (χ3n) is 2.87. The maximum atomic E-state index is 12.2. The number of methoxy groups -OCH3 is 2. The topological polar surface area (TPSA) is 102 Å². The SMILES string of the molecule is COc1cc(N)c(C(=O)Nc2[nH]ncc2C)cc1OC. The van der Waals surface area contributed by atoms with Gasteiger partial charge in [0.1, 0.15) is 5.82 Å². The maximum Gasteiger partial charge on any atom is 0.259 e. The van der Waals surface area contributed by atoms with Crippen LogP contribution in [0, 0.1) is 6.92 Å². The number of nitrogens with one attached hydrogen (secondary N) is 2. The smallest absolute Gasteiger partial charge is 0.259 e. The summed E-state index contributed by atoms with van der Waals surface area (Å²) in [4.78, 5) is 12.2. The molecule has 2 aromatic rings. The second-order valence-corrected chi connectivity index (χ2v) is 4.18. The number of hydrogen-bond donors (Lipinski definition) is 3. The number of hydrogen-bond acceptors (Lipinski definition) is 5. The largest absolute Gasteiger partial charge is 0.493 e. The van der Waals surface area contributed by atoms with Crippen LogP contribution >= 0.6 is 0 Å². The zero-order chi connectivity index (χ0) is 14.7. The van der Waals surface area contributed by atoms with Crippen LogP contribution in [0.15, 0.2) is 18.3 Å². The van der Waals surface area contributed by atoms with Crippen molar-refractivity contribution in [3.8, 4) is 11.5 Å². The first-order chi connectivity index (χ1) is 9.56. The van der Waals surface area contributed by atoms with Gasteiger partial charge in [0, 0.05) is 17.3 Å². The van der Waals surface area contributed by atoms with Crippen LogP contribution in [-0.4, -0.2) is 30.3 Å². The molecule has 0 aliphatic heterocycles. The molecular weight excluding hydrogens is 260 g/mol. The van der Waals surface area contributed by atoms with Crippen molar-refractivity contribution in [3.63, 3.8) is 0 Å². The number of rotatable bonds is 4. The molecule has 0 bridgehead atoms. The molecule has 0 saturated carbocycles. The molecule has 7 nitrogen and oxygen atoms in total. The molecule has 1 heterocycles. The zero-order valence-electron chi connectivity index (χ0n) is 11.5. The fourth-order valence-corrected chi connectivity index (χ4v) is 1.75. The summed E-state index contributed by atoms with van der Waals surface area (Å²) in [5, 5.41) is 9.24. The normalized spacial score (nSPS) is 10.2. The number of aryl methyl sites for hydroxylation is 1. The number of aromatic amines is 1. The highest BCUT2D eigenvalue weighted by atomic mass is 16.5. The van der Waals surface area contributed by atoms with E-state index in [9.17, 15) is 4.79 Å². The van der Waals surface area contributed by atoms with Gasteiger partial charge in [-0.05, 0) is 13.0 Å². The predicted molar refractivity (Wildman–Crippen MR) is 75.2 cm³/mol. The van der Waals surface area contributed by atoms with Gasteiger partial charge in [-0.25, -0.2) is 0 Å². The Kier molecular flexibility index (Phi) is 3.79. The average Bonchev–Trinajstić information content (AvgIpc) is 2.83. The van der Waals surface area contributed by atoms with Crippen LogP contribution < -0.4 is 20.5 Å². The lowest BCUT2D eigenvalue weighted by Crippen LogP contribution is -2.15. The van der Waals surface area contributed by atoms with Crippen molar-refractivity contribution in [3.05, 3.63) is 29.5 Å². The molecule has 4 N–H and O–H groups in total. The maximum absolute atomic E-state index is 12.2. The van der Waals surface area contributed by atoms with Gasteiger partial charge in [0.25, 0.3) is 5.91 Å². The molecular formula is C13H16N4O3. The number of nitrogens with zero attached hydrogens (tertiary/aromatic N) is 1. The van der Waals surface area contributed by atoms with E-state index in [1.807, 2.05) is 6.92 Å². The highest BCUT2D eigenvalue weighted by Gasteiger charge is 2.16. The Labute approximate surface area is 116 Å². The van der Waals surface area contributed by atoms with Gasteiger partial charge in [0.05, 0.1) is 26.0 Å². The van der Waals surface area contributed by atoms with Crippen molar-refractivity contribution < 1.29 is 14.3 Å². The predicted octanol–water partition coefficient (Wildman–Crippen LogP) is 1.57. The molecule has 0 radical (unpaired) electrons. The average molecular weight is 276 g/mol. The lowest BCUT2D eigenvalue weighted by Gasteiger charge is -2.12. The third kappa shape index (κ3) is 2.51. The van der Waals surface area contributed by atoms with E-state index in [0.29, 0.717) is 28.6 Å². The molecule has 0 aliphatic carbocycles. The van der Waals surface area contributed by atoms with Crippen LogP contribution in [0.5, 0.6) is 11.5 Å². The summed E-state index contributed by atoms with van der Waals surface area (Å²) < 4.78 is 10.3. The molecule has 2 rings (SSSR count). The van der Waals surface area contributed by atoms with Gasteiger partial charge in [-0.1, -0.05) is 0 Å². The first-order valence-corrected chi connectivity index (χ1v) is 5.89. The van der Waals surface area contributed by atoms with Crippen molar-refractivity contribution in [1.82, 2.24) is 10.2 Å². The van der Waals surface area contributed by atoms with Crippen LogP contribution in [0.3, 0.4) is 0 Å². The van der Waals surface area contributed by atoms with Gasteiger partial charge < -0.3 is 20.5 Å². The number of H-pyrrole nitrogens is 1. The first kappa shape index (κ1) is 13.7. The standard InChI is InChI=1S/C13H16N4O3/c1-7-6-15-17-12(7)16-13(18)8-4-10(19-2)11(20-3)5-9(8)14/h4-6H,14H2,1-3H3,(H2,15,16,17,18). The highest BCUT2D eigenvalue weighted by molar-refractivity contribution is 6.08. The Morgan fingerprint density at radius 3 is 2.50 bits per heavy atom. The number of nitrogen functional groups attached to an aromatic ring is 1. The van der Waals surface area contributed by atoms with Crippen molar-refractivity contribution >= 4 is 17.4 Å². The Morgan fingerprint density at radius 2 is 1.95 bits per heavy atom. The van der Waals surface area contributed by atoms with Gasteiger partial charge in [-0.15, -0.1) is 0 Å². The first-order valence-electron chi connectivity index (χ1n) is 5.89. The number of benzene rings is 1. The highest BCUT2D eigenvalue weighted by Crippen LogP contribution is 2.32. The number of carbonyl (C=O) groups excluding carboxylic acids is 1. The number of aromatic nitrogens is 2. The third-order valence-corrected chi connectivity index (χ3v) is 2.87. The summed E-state index contributed by atoms with van der Waals surface area (Å²) in [7, 11) is 3.00. The van der Waals surface area contributed by atoms with Gasteiger partial charge in [-0.2, -0.15) is 5.10 Å². The minimum Gasteiger partial charge on any atom is -0.493 e. The summed E-state index contributed by atoms with van der Waals surface area (Å²) >= 11 is 0. The van der Waals surface area contributed by atoms with E-state index in [0.717, 1.165) is 5.56 Å². The van der Waals surface area contributed by atoms with Crippen LogP contribution in [0.2, 0.25) is 0 Å². The van der Waals surface area contributed by atoms with Crippen molar-refractivity contribution in [2.75, 3.05) is 25.3 Å². The second kappa shape index (κ2) is 5.52. The molecule has 0 unspecified atom stereocenters. The number of ether oxygens (including phenoxy) is 2. The summed E-state index contributed by atoms with van der Waals surface area (Å²) in [6.45, 7) is 1.83. The molecule has 0 saturated heterocycles. The van der Waals surface area contributed by atoms with E-state index in [4.69, 9.17) is 15.2 Å². The minimum absolute atomic E-state index is 0.302. The molecule has 0 aliphatic rings. The zero-order valence-corrected chi connectivity index (χ0v) is 11.5. The molecule has 0 fully saturated rings.